The van der Waals surface area contributed by atoms with Crippen LogP contribution in [0.1, 0.15) is 45.7 Å². The third-order valence-corrected chi connectivity index (χ3v) is 3.65. The molecule has 23 heavy (non-hydrogen) atoms. The van der Waals surface area contributed by atoms with E-state index in [4.69, 9.17) is 0 Å². The number of aliphatic hydroxyl groups is 1. The van der Waals surface area contributed by atoms with E-state index in [1.165, 1.54) is 12.1 Å². The van der Waals surface area contributed by atoms with E-state index in [-0.39, 0.29) is 23.7 Å². The van der Waals surface area contributed by atoms with Gasteiger partial charge in [-0.1, -0.05) is 39.8 Å². The van der Waals surface area contributed by atoms with Gasteiger partial charge >= 0.3 is 6.03 Å². The van der Waals surface area contributed by atoms with Crippen LogP contribution in [0, 0.1) is 15.5 Å². The Labute approximate surface area is 136 Å². The highest BCUT2D eigenvalue weighted by atomic mass is 16.6. The molecule has 2 amide bonds. The average Bonchev–Trinajstić information content (AvgIpc) is 2.49. The molecule has 0 saturated carbocycles. The van der Waals surface area contributed by atoms with Crippen molar-refractivity contribution in [3.63, 3.8) is 0 Å². The van der Waals surface area contributed by atoms with Gasteiger partial charge in [-0.05, 0) is 17.4 Å². The van der Waals surface area contributed by atoms with Crippen molar-refractivity contribution in [1.82, 2.24) is 10.6 Å². The van der Waals surface area contributed by atoms with Crippen LogP contribution in [0.25, 0.3) is 0 Å². The molecule has 0 fully saturated rings. The predicted molar refractivity (Wildman–Crippen MR) is 88.1 cm³/mol. The predicted octanol–water partition coefficient (Wildman–Crippen LogP) is 2.75. The molecular weight excluding hydrogens is 298 g/mol. The Balaban J connectivity index is 2.67. The van der Waals surface area contributed by atoms with Crippen molar-refractivity contribution in [3.05, 3.63) is 39.9 Å². The van der Waals surface area contributed by atoms with Crippen LogP contribution in [-0.2, 0) is 0 Å². The SMILES string of the molecule is CCC(NC(=O)NCC(O)C(C)(C)C)c1cccc([N+](=O)[O-])c1. The maximum atomic E-state index is 12.0. The van der Waals surface area contributed by atoms with Gasteiger partial charge in [0.2, 0.25) is 0 Å². The minimum atomic E-state index is -0.661. The Hall–Kier alpha value is -2.15. The van der Waals surface area contributed by atoms with E-state index in [2.05, 4.69) is 10.6 Å². The van der Waals surface area contributed by atoms with Crippen LogP contribution < -0.4 is 10.6 Å². The van der Waals surface area contributed by atoms with Gasteiger partial charge in [0.05, 0.1) is 17.1 Å². The third-order valence-electron chi connectivity index (χ3n) is 3.65. The summed E-state index contributed by atoms with van der Waals surface area (Å²) >= 11 is 0. The Morgan fingerprint density at radius 3 is 2.57 bits per heavy atom. The summed E-state index contributed by atoms with van der Waals surface area (Å²) < 4.78 is 0. The molecule has 0 aliphatic carbocycles. The van der Waals surface area contributed by atoms with E-state index in [1.807, 2.05) is 27.7 Å². The van der Waals surface area contributed by atoms with E-state index >= 15 is 0 Å². The number of nitro benzene ring substituents is 1. The second kappa shape index (κ2) is 7.92. The van der Waals surface area contributed by atoms with Gasteiger partial charge in [-0.15, -0.1) is 0 Å². The molecule has 7 nitrogen and oxygen atoms in total. The number of carbonyl (C=O) groups is 1. The molecule has 3 N–H and O–H groups in total. The number of carbonyl (C=O) groups excluding carboxylic acids is 1. The molecule has 1 aromatic carbocycles. The lowest BCUT2D eigenvalue weighted by molar-refractivity contribution is -0.384. The standard InChI is InChI=1S/C16H25N3O4/c1-5-13(11-7-6-8-12(9-11)19(22)23)18-15(21)17-10-14(20)16(2,3)4/h6-9,13-14,20H,5,10H2,1-4H3,(H2,17,18,21). The average molecular weight is 323 g/mol. The summed E-state index contributed by atoms with van der Waals surface area (Å²) in [6, 6.07) is 5.47. The number of nitrogens with zero attached hydrogens (tertiary/aromatic N) is 1. The Morgan fingerprint density at radius 1 is 1.39 bits per heavy atom. The van der Waals surface area contributed by atoms with Crippen LogP contribution in [0.15, 0.2) is 24.3 Å². The topological polar surface area (TPSA) is 104 Å². The highest BCUT2D eigenvalue weighted by molar-refractivity contribution is 5.74. The smallest absolute Gasteiger partial charge is 0.315 e. The normalized spacial score (nSPS) is 14.0. The first-order valence-electron chi connectivity index (χ1n) is 7.62. The highest BCUT2D eigenvalue weighted by Crippen LogP contribution is 2.21. The van der Waals surface area contributed by atoms with Gasteiger partial charge in [0, 0.05) is 18.7 Å². The summed E-state index contributed by atoms with van der Waals surface area (Å²) in [4.78, 5) is 22.3. The molecule has 2 unspecified atom stereocenters. The minimum Gasteiger partial charge on any atom is -0.391 e. The molecule has 0 aromatic heterocycles. The van der Waals surface area contributed by atoms with Gasteiger partial charge in [-0.3, -0.25) is 10.1 Å². The maximum Gasteiger partial charge on any atom is 0.315 e. The molecule has 1 aromatic rings. The number of non-ortho nitro benzene ring substituents is 1. The Bertz CT molecular complexity index is 555. The fourth-order valence-electron chi connectivity index (χ4n) is 1.98. The van der Waals surface area contributed by atoms with Crippen LogP contribution >= 0.6 is 0 Å². The number of nitrogens with one attached hydrogen (secondary N) is 2. The van der Waals surface area contributed by atoms with Crippen LogP contribution in [0.5, 0.6) is 0 Å². The van der Waals surface area contributed by atoms with Crippen molar-refractivity contribution in [2.45, 2.75) is 46.3 Å². The second-order valence-corrected chi connectivity index (χ2v) is 6.55. The van der Waals surface area contributed by atoms with Crippen molar-refractivity contribution >= 4 is 11.7 Å². The lowest BCUT2D eigenvalue weighted by Gasteiger charge is -2.26. The van der Waals surface area contributed by atoms with Gasteiger partial charge in [0.15, 0.2) is 0 Å². The Morgan fingerprint density at radius 2 is 2.04 bits per heavy atom. The van der Waals surface area contributed by atoms with Crippen LogP contribution in [-0.4, -0.2) is 28.7 Å². The lowest BCUT2D eigenvalue weighted by Crippen LogP contribution is -2.44. The highest BCUT2D eigenvalue weighted by Gasteiger charge is 2.23. The molecule has 0 heterocycles. The zero-order valence-corrected chi connectivity index (χ0v) is 14.0. The number of nitro groups is 1. The van der Waals surface area contributed by atoms with Crippen molar-refractivity contribution in [2.24, 2.45) is 5.41 Å². The summed E-state index contributed by atoms with van der Waals surface area (Å²) in [5.41, 5.74) is 0.344. The molecule has 2 atom stereocenters. The number of rotatable bonds is 6. The molecular formula is C16H25N3O4. The Kier molecular flexibility index (Phi) is 6.50. The van der Waals surface area contributed by atoms with Crippen LogP contribution in [0.4, 0.5) is 10.5 Å². The first kappa shape index (κ1) is 18.9. The largest absolute Gasteiger partial charge is 0.391 e. The van der Waals surface area contributed by atoms with Gasteiger partial charge in [-0.25, -0.2) is 4.79 Å². The van der Waals surface area contributed by atoms with Crippen molar-refractivity contribution in [3.8, 4) is 0 Å². The first-order valence-corrected chi connectivity index (χ1v) is 7.62. The van der Waals surface area contributed by atoms with E-state index in [0.29, 0.717) is 12.0 Å². The number of amides is 2. The quantitative estimate of drug-likeness (QED) is 0.553. The third kappa shape index (κ3) is 5.86. The van der Waals surface area contributed by atoms with Gasteiger partial charge in [0.1, 0.15) is 0 Å². The fourth-order valence-corrected chi connectivity index (χ4v) is 1.98. The van der Waals surface area contributed by atoms with E-state index in [9.17, 15) is 20.0 Å². The number of benzene rings is 1. The zero-order chi connectivity index (χ0) is 17.6. The van der Waals surface area contributed by atoms with Crippen molar-refractivity contribution in [2.75, 3.05) is 6.54 Å². The molecule has 1 rings (SSSR count). The van der Waals surface area contributed by atoms with E-state index in [1.54, 1.807) is 12.1 Å². The number of hydrogen-bond donors (Lipinski definition) is 3. The van der Waals surface area contributed by atoms with E-state index in [0.717, 1.165) is 0 Å². The summed E-state index contributed by atoms with van der Waals surface area (Å²) in [6.45, 7) is 7.67. The van der Waals surface area contributed by atoms with Gasteiger partial charge in [0.25, 0.3) is 5.69 Å². The first-order chi connectivity index (χ1) is 10.6. The van der Waals surface area contributed by atoms with Crippen molar-refractivity contribution < 1.29 is 14.8 Å². The molecule has 0 bridgehead atoms. The summed E-state index contributed by atoms with van der Waals surface area (Å²) in [7, 11) is 0. The summed E-state index contributed by atoms with van der Waals surface area (Å²) in [5, 5.41) is 26.2. The molecule has 0 saturated heterocycles. The van der Waals surface area contributed by atoms with Crippen LogP contribution in [0.2, 0.25) is 0 Å². The number of hydrogen-bond acceptors (Lipinski definition) is 4. The molecule has 128 valence electrons. The van der Waals surface area contributed by atoms with E-state index < -0.39 is 17.1 Å². The van der Waals surface area contributed by atoms with Gasteiger partial charge in [-0.2, -0.15) is 0 Å². The zero-order valence-electron chi connectivity index (χ0n) is 14.0. The molecule has 0 radical (unpaired) electrons. The van der Waals surface area contributed by atoms with Crippen LogP contribution in [0.3, 0.4) is 0 Å². The summed E-state index contributed by atoms with van der Waals surface area (Å²) in [5.74, 6) is 0. The monoisotopic (exact) mass is 323 g/mol. The maximum absolute atomic E-state index is 12.0. The lowest BCUT2D eigenvalue weighted by atomic mass is 9.89. The number of urea groups is 1. The molecule has 0 aliphatic heterocycles. The molecule has 7 heteroatoms. The minimum absolute atomic E-state index is 0.00804. The second-order valence-electron chi connectivity index (χ2n) is 6.55. The summed E-state index contributed by atoms with van der Waals surface area (Å²) in [6.07, 6.45) is -0.0673. The van der Waals surface area contributed by atoms with Gasteiger partial charge < -0.3 is 15.7 Å². The van der Waals surface area contributed by atoms with Crippen molar-refractivity contribution in [1.29, 1.82) is 0 Å². The molecule has 0 aliphatic rings. The molecule has 0 spiro atoms. The number of aliphatic hydroxyl groups excluding tert-OH is 1. The fraction of sp³-hybridized carbons (Fsp3) is 0.562.